The van der Waals surface area contributed by atoms with Crippen LogP contribution in [0.15, 0.2) is 0 Å². The molecule has 1 saturated heterocycles. The average molecular weight is 409 g/mol. The lowest BCUT2D eigenvalue weighted by Gasteiger charge is -2.30. The third kappa shape index (κ3) is 4.72. The summed E-state index contributed by atoms with van der Waals surface area (Å²) in [5.74, 6) is -0.934. The Morgan fingerprint density at radius 2 is 2.00 bits per heavy atom. The molecule has 7 nitrogen and oxygen atoms in total. The summed E-state index contributed by atoms with van der Waals surface area (Å²) >= 11 is 1.48. The predicted molar refractivity (Wildman–Crippen MR) is 107 cm³/mol. The van der Waals surface area contributed by atoms with Gasteiger partial charge in [-0.1, -0.05) is 0 Å². The number of carbonyl (C=O) groups is 3. The number of esters is 2. The average Bonchev–Trinajstić information content (AvgIpc) is 3.05. The van der Waals surface area contributed by atoms with E-state index in [1.807, 2.05) is 4.90 Å². The summed E-state index contributed by atoms with van der Waals surface area (Å²) in [6.07, 6.45) is 5.58. The van der Waals surface area contributed by atoms with Crippen LogP contribution in [0.2, 0.25) is 0 Å². The number of likely N-dealkylation sites (tertiary alicyclic amines) is 1. The van der Waals surface area contributed by atoms with Gasteiger partial charge in [0.1, 0.15) is 5.00 Å². The molecule has 154 valence electrons. The number of aryl methyl sites for hydroxylation is 1. The Morgan fingerprint density at radius 1 is 1.21 bits per heavy atom. The number of nitrogens with zero attached hydrogens (tertiary/aromatic N) is 1. The van der Waals surface area contributed by atoms with E-state index in [1.165, 1.54) is 23.3 Å². The molecule has 1 aliphatic heterocycles. The summed E-state index contributed by atoms with van der Waals surface area (Å²) in [6, 6.07) is 0. The Hall–Kier alpha value is -1.93. The normalized spacial score (nSPS) is 19.6. The maximum Gasteiger partial charge on any atom is 0.341 e. The van der Waals surface area contributed by atoms with Gasteiger partial charge in [-0.2, -0.15) is 0 Å². The molecule has 1 aliphatic carbocycles. The fourth-order valence-electron chi connectivity index (χ4n) is 3.99. The van der Waals surface area contributed by atoms with Crippen LogP contribution in [-0.2, 0) is 31.9 Å². The molecule has 0 radical (unpaired) electrons. The van der Waals surface area contributed by atoms with E-state index in [0.29, 0.717) is 23.7 Å². The lowest BCUT2D eigenvalue weighted by atomic mass is 9.95. The van der Waals surface area contributed by atoms with E-state index in [9.17, 15) is 14.4 Å². The summed E-state index contributed by atoms with van der Waals surface area (Å²) in [6.45, 7) is 3.66. The largest absolute Gasteiger partial charge is 0.466 e. The van der Waals surface area contributed by atoms with Crippen LogP contribution in [0.1, 0.15) is 53.4 Å². The van der Waals surface area contributed by atoms with Crippen molar-refractivity contribution in [1.82, 2.24) is 4.90 Å². The van der Waals surface area contributed by atoms with E-state index in [0.717, 1.165) is 50.6 Å². The van der Waals surface area contributed by atoms with Gasteiger partial charge in [0.25, 0.3) is 0 Å². The highest BCUT2D eigenvalue weighted by molar-refractivity contribution is 7.17. The zero-order valence-electron chi connectivity index (χ0n) is 16.5. The third-order valence-corrected chi connectivity index (χ3v) is 6.51. The third-order valence-electron chi connectivity index (χ3n) is 5.31. The van der Waals surface area contributed by atoms with Gasteiger partial charge in [-0.25, -0.2) is 4.79 Å². The van der Waals surface area contributed by atoms with Crippen LogP contribution >= 0.6 is 11.3 Å². The fraction of sp³-hybridized carbons (Fsp3) is 0.650. The standard InChI is InChI=1S/C20H28N2O5S/c1-3-27-19(24)13-7-6-10-22(11-13)12-16(23)21-18-17(20(25)26-2)14-8-4-5-9-15(14)28-18/h13H,3-12H2,1-2H3,(H,21,23)/t13-/m0/s1. The molecule has 1 amide bonds. The second kappa shape index (κ2) is 9.52. The number of fused-ring (bicyclic) bond motifs is 1. The molecule has 0 saturated carbocycles. The first-order valence-electron chi connectivity index (χ1n) is 9.95. The van der Waals surface area contributed by atoms with Crippen LogP contribution in [0, 0.1) is 5.92 Å². The molecule has 3 rings (SSSR count). The van der Waals surface area contributed by atoms with Gasteiger partial charge < -0.3 is 14.8 Å². The molecule has 1 fully saturated rings. The van der Waals surface area contributed by atoms with E-state index in [-0.39, 0.29) is 24.3 Å². The summed E-state index contributed by atoms with van der Waals surface area (Å²) in [4.78, 5) is 40.1. The molecule has 2 aliphatic rings. The quantitative estimate of drug-likeness (QED) is 0.729. The molecule has 1 aromatic rings. The van der Waals surface area contributed by atoms with Gasteiger partial charge in [-0.05, 0) is 57.6 Å². The van der Waals surface area contributed by atoms with Crippen molar-refractivity contribution in [3.05, 3.63) is 16.0 Å². The molecule has 0 bridgehead atoms. The van der Waals surface area contributed by atoms with Crippen molar-refractivity contribution in [2.75, 3.05) is 38.7 Å². The number of anilines is 1. The molecule has 0 unspecified atom stereocenters. The lowest BCUT2D eigenvalue weighted by Crippen LogP contribution is -2.43. The Bertz CT molecular complexity index is 745. The molecule has 1 N–H and O–H groups in total. The number of carbonyl (C=O) groups excluding carboxylic acids is 3. The first kappa shape index (κ1) is 20.8. The van der Waals surface area contributed by atoms with Crippen LogP contribution in [0.4, 0.5) is 5.00 Å². The molecule has 8 heteroatoms. The minimum Gasteiger partial charge on any atom is -0.466 e. The first-order chi connectivity index (χ1) is 13.5. The van der Waals surface area contributed by atoms with Crippen LogP contribution in [0.5, 0.6) is 0 Å². The zero-order chi connectivity index (χ0) is 20.1. The summed E-state index contributed by atoms with van der Waals surface area (Å²) in [7, 11) is 1.37. The Balaban J connectivity index is 1.65. The highest BCUT2D eigenvalue weighted by Crippen LogP contribution is 2.38. The van der Waals surface area contributed by atoms with Crippen LogP contribution in [0.25, 0.3) is 0 Å². The Labute approximate surface area is 169 Å². The number of nitrogens with one attached hydrogen (secondary N) is 1. The molecule has 0 spiro atoms. The summed E-state index contributed by atoms with van der Waals surface area (Å²) in [5.41, 5.74) is 1.54. The van der Waals surface area contributed by atoms with E-state index in [1.54, 1.807) is 6.92 Å². The SMILES string of the molecule is CCOC(=O)[C@H]1CCCN(CC(=O)Nc2sc3c(c2C(=O)OC)CCCC3)C1. The molecule has 28 heavy (non-hydrogen) atoms. The number of hydrogen-bond donors (Lipinski definition) is 1. The monoisotopic (exact) mass is 408 g/mol. The smallest absolute Gasteiger partial charge is 0.341 e. The van der Waals surface area contributed by atoms with Gasteiger partial charge in [0.15, 0.2) is 0 Å². The molecule has 0 aromatic carbocycles. The minimum atomic E-state index is -0.393. The molecule has 1 aromatic heterocycles. The number of ether oxygens (including phenoxy) is 2. The van der Waals surface area contributed by atoms with E-state index in [4.69, 9.17) is 9.47 Å². The number of rotatable bonds is 6. The number of amides is 1. The van der Waals surface area contributed by atoms with Crippen molar-refractivity contribution in [2.24, 2.45) is 5.92 Å². The highest BCUT2D eigenvalue weighted by atomic mass is 32.1. The van der Waals surface area contributed by atoms with Crippen LogP contribution in [0.3, 0.4) is 0 Å². The van der Waals surface area contributed by atoms with Crippen molar-refractivity contribution >= 4 is 34.2 Å². The Kier molecular flexibility index (Phi) is 7.07. The fourth-order valence-corrected chi connectivity index (χ4v) is 5.29. The van der Waals surface area contributed by atoms with Crippen molar-refractivity contribution in [2.45, 2.75) is 45.4 Å². The van der Waals surface area contributed by atoms with Gasteiger partial charge in [-0.3, -0.25) is 14.5 Å². The van der Waals surface area contributed by atoms with Crippen molar-refractivity contribution in [3.63, 3.8) is 0 Å². The summed E-state index contributed by atoms with van der Waals surface area (Å²) in [5, 5.41) is 3.51. The zero-order valence-corrected chi connectivity index (χ0v) is 17.4. The number of hydrogen-bond acceptors (Lipinski definition) is 7. The summed E-state index contributed by atoms with van der Waals surface area (Å²) < 4.78 is 10.1. The molecular formula is C20H28N2O5S. The number of thiophene rings is 1. The second-order valence-corrected chi connectivity index (χ2v) is 8.39. The van der Waals surface area contributed by atoms with E-state index >= 15 is 0 Å². The first-order valence-corrected chi connectivity index (χ1v) is 10.8. The van der Waals surface area contributed by atoms with Gasteiger partial charge >= 0.3 is 11.9 Å². The van der Waals surface area contributed by atoms with E-state index in [2.05, 4.69) is 5.32 Å². The van der Waals surface area contributed by atoms with Crippen molar-refractivity contribution in [1.29, 1.82) is 0 Å². The van der Waals surface area contributed by atoms with Crippen LogP contribution < -0.4 is 5.32 Å². The van der Waals surface area contributed by atoms with Gasteiger partial charge in [0.05, 0.1) is 31.7 Å². The number of piperidine rings is 1. The number of methoxy groups -OCH3 is 1. The molecule has 1 atom stereocenters. The van der Waals surface area contributed by atoms with Crippen molar-refractivity contribution < 1.29 is 23.9 Å². The predicted octanol–water partition coefficient (Wildman–Crippen LogP) is 2.63. The maximum atomic E-state index is 12.6. The minimum absolute atomic E-state index is 0.173. The Morgan fingerprint density at radius 3 is 2.75 bits per heavy atom. The van der Waals surface area contributed by atoms with Gasteiger partial charge in [0, 0.05) is 11.4 Å². The topological polar surface area (TPSA) is 84.9 Å². The lowest BCUT2D eigenvalue weighted by molar-refractivity contribution is -0.150. The molecule has 2 heterocycles. The molecular weight excluding hydrogens is 380 g/mol. The van der Waals surface area contributed by atoms with Gasteiger partial charge in [-0.15, -0.1) is 11.3 Å². The van der Waals surface area contributed by atoms with Crippen molar-refractivity contribution in [3.8, 4) is 0 Å². The van der Waals surface area contributed by atoms with E-state index < -0.39 is 5.97 Å². The second-order valence-electron chi connectivity index (χ2n) is 7.28. The highest BCUT2D eigenvalue weighted by Gasteiger charge is 2.30. The van der Waals surface area contributed by atoms with Gasteiger partial charge in [0.2, 0.25) is 5.91 Å². The van der Waals surface area contributed by atoms with Crippen LogP contribution in [-0.4, -0.2) is 56.1 Å². The maximum absolute atomic E-state index is 12.6.